The van der Waals surface area contributed by atoms with Crippen molar-refractivity contribution in [2.45, 2.75) is 17.6 Å². The van der Waals surface area contributed by atoms with Crippen molar-refractivity contribution in [2.24, 2.45) is 0 Å². The smallest absolute Gasteiger partial charge is 0.253 e. The van der Waals surface area contributed by atoms with Gasteiger partial charge in [-0.2, -0.15) is 0 Å². The Morgan fingerprint density at radius 3 is 2.48 bits per heavy atom. The number of phenolic OH excluding ortho intramolecular Hbond substituents is 1. The number of piperazine rings is 1. The lowest BCUT2D eigenvalue weighted by Gasteiger charge is -2.36. The highest BCUT2D eigenvalue weighted by Crippen LogP contribution is 2.28. The SMILES string of the molecule is Cc1nc(CSc2ccc(C(=O)N3CCN(c4ccccc4O)CC3)cc2)cs1. The van der Waals surface area contributed by atoms with Crippen LogP contribution in [0.3, 0.4) is 0 Å². The second kappa shape index (κ2) is 8.88. The summed E-state index contributed by atoms with van der Waals surface area (Å²) in [5.74, 6) is 1.19. The van der Waals surface area contributed by atoms with Gasteiger partial charge in [0.05, 0.1) is 16.4 Å². The molecule has 0 spiro atoms. The zero-order valence-electron chi connectivity index (χ0n) is 16.2. The number of thiazole rings is 1. The number of hydrogen-bond donors (Lipinski definition) is 1. The Hall–Kier alpha value is -2.51. The van der Waals surface area contributed by atoms with Crippen LogP contribution in [-0.4, -0.2) is 47.1 Å². The number of anilines is 1. The standard InChI is InChI=1S/C22H23N3O2S2/c1-16-23-18(14-28-16)15-29-19-8-6-17(7-9-19)22(27)25-12-10-24(11-13-25)20-4-2-3-5-21(20)26/h2-9,14,26H,10-13,15H2,1H3. The van der Waals surface area contributed by atoms with Crippen LogP contribution in [0, 0.1) is 6.92 Å². The molecule has 0 radical (unpaired) electrons. The van der Waals surface area contributed by atoms with E-state index in [1.807, 2.05) is 54.3 Å². The van der Waals surface area contributed by atoms with Gasteiger partial charge in [-0.25, -0.2) is 4.98 Å². The molecule has 1 aromatic heterocycles. The van der Waals surface area contributed by atoms with Gasteiger partial charge in [0.2, 0.25) is 0 Å². The minimum atomic E-state index is 0.0635. The average Bonchev–Trinajstić information content (AvgIpc) is 3.18. The number of para-hydroxylation sites is 2. The summed E-state index contributed by atoms with van der Waals surface area (Å²) >= 11 is 3.40. The van der Waals surface area contributed by atoms with E-state index in [4.69, 9.17) is 0 Å². The molecule has 0 bridgehead atoms. The number of aromatic nitrogens is 1. The van der Waals surface area contributed by atoms with Gasteiger partial charge in [-0.3, -0.25) is 4.79 Å². The van der Waals surface area contributed by atoms with Crippen LogP contribution in [0.5, 0.6) is 5.75 Å². The molecule has 150 valence electrons. The molecular formula is C22H23N3O2S2. The predicted octanol–water partition coefficient (Wildman–Crippen LogP) is 4.41. The molecule has 2 aromatic carbocycles. The van der Waals surface area contributed by atoms with Crippen LogP contribution in [0.4, 0.5) is 5.69 Å². The van der Waals surface area contributed by atoms with Crippen molar-refractivity contribution in [3.63, 3.8) is 0 Å². The normalized spacial score (nSPS) is 14.2. The quantitative estimate of drug-likeness (QED) is 0.614. The van der Waals surface area contributed by atoms with E-state index in [0.717, 1.165) is 32.6 Å². The number of carbonyl (C=O) groups is 1. The first-order chi connectivity index (χ1) is 14.1. The summed E-state index contributed by atoms with van der Waals surface area (Å²) in [7, 11) is 0. The summed E-state index contributed by atoms with van der Waals surface area (Å²) in [6.45, 7) is 4.73. The number of benzene rings is 2. The first-order valence-corrected chi connectivity index (χ1v) is 11.4. The maximum Gasteiger partial charge on any atom is 0.253 e. The Balaban J connectivity index is 1.32. The van der Waals surface area contributed by atoms with Crippen LogP contribution in [-0.2, 0) is 5.75 Å². The van der Waals surface area contributed by atoms with E-state index in [1.54, 1.807) is 29.2 Å². The summed E-state index contributed by atoms with van der Waals surface area (Å²) < 4.78 is 0. The molecule has 2 heterocycles. The van der Waals surface area contributed by atoms with Gasteiger partial charge in [0, 0.05) is 47.8 Å². The number of carbonyl (C=O) groups excluding carboxylic acids is 1. The number of amides is 1. The number of aryl methyl sites for hydroxylation is 1. The molecule has 1 N–H and O–H groups in total. The fourth-order valence-corrected chi connectivity index (χ4v) is 4.90. The highest BCUT2D eigenvalue weighted by molar-refractivity contribution is 7.98. The zero-order chi connectivity index (χ0) is 20.2. The maximum absolute atomic E-state index is 12.8. The van der Waals surface area contributed by atoms with Crippen molar-refractivity contribution in [3.05, 3.63) is 70.2 Å². The fourth-order valence-electron chi connectivity index (χ4n) is 3.39. The largest absolute Gasteiger partial charge is 0.506 e. The number of aromatic hydroxyl groups is 1. The lowest BCUT2D eigenvalue weighted by molar-refractivity contribution is 0.0746. The van der Waals surface area contributed by atoms with Crippen LogP contribution >= 0.6 is 23.1 Å². The third kappa shape index (κ3) is 4.74. The van der Waals surface area contributed by atoms with Gasteiger partial charge in [0.15, 0.2) is 0 Å². The fraction of sp³-hybridized carbons (Fsp3) is 0.273. The molecule has 1 fully saturated rings. The van der Waals surface area contributed by atoms with E-state index in [2.05, 4.69) is 15.3 Å². The van der Waals surface area contributed by atoms with E-state index >= 15 is 0 Å². The van der Waals surface area contributed by atoms with Gasteiger partial charge < -0.3 is 14.9 Å². The highest BCUT2D eigenvalue weighted by Gasteiger charge is 2.23. The van der Waals surface area contributed by atoms with Crippen LogP contribution in [0.15, 0.2) is 58.8 Å². The number of thioether (sulfide) groups is 1. The molecule has 7 heteroatoms. The Bertz CT molecular complexity index is 980. The van der Waals surface area contributed by atoms with Crippen LogP contribution in [0.1, 0.15) is 21.1 Å². The van der Waals surface area contributed by atoms with E-state index < -0.39 is 0 Å². The first kappa shape index (κ1) is 19.8. The van der Waals surface area contributed by atoms with E-state index in [9.17, 15) is 9.90 Å². The van der Waals surface area contributed by atoms with Crippen molar-refractivity contribution in [2.75, 3.05) is 31.1 Å². The van der Waals surface area contributed by atoms with Gasteiger partial charge >= 0.3 is 0 Å². The lowest BCUT2D eigenvalue weighted by atomic mass is 10.1. The topological polar surface area (TPSA) is 56.7 Å². The average molecular weight is 426 g/mol. The predicted molar refractivity (Wildman–Crippen MR) is 119 cm³/mol. The summed E-state index contributed by atoms with van der Waals surface area (Å²) in [6, 6.07) is 15.2. The molecule has 1 aliphatic rings. The van der Waals surface area contributed by atoms with E-state index in [0.29, 0.717) is 26.2 Å². The summed E-state index contributed by atoms with van der Waals surface area (Å²) in [6.07, 6.45) is 0. The van der Waals surface area contributed by atoms with Crippen molar-refractivity contribution in [3.8, 4) is 5.75 Å². The number of rotatable bonds is 5. The Morgan fingerprint density at radius 1 is 1.10 bits per heavy atom. The monoisotopic (exact) mass is 425 g/mol. The van der Waals surface area contributed by atoms with Crippen molar-refractivity contribution >= 4 is 34.7 Å². The molecule has 1 saturated heterocycles. The van der Waals surface area contributed by atoms with Crippen molar-refractivity contribution in [1.82, 2.24) is 9.88 Å². The minimum Gasteiger partial charge on any atom is -0.506 e. The third-order valence-corrected chi connectivity index (χ3v) is 6.81. The third-order valence-electron chi connectivity index (χ3n) is 4.94. The van der Waals surface area contributed by atoms with Gasteiger partial charge in [-0.15, -0.1) is 23.1 Å². The molecule has 0 atom stereocenters. The van der Waals surface area contributed by atoms with Crippen molar-refractivity contribution < 1.29 is 9.90 Å². The van der Waals surface area contributed by atoms with E-state index in [1.165, 1.54) is 0 Å². The highest BCUT2D eigenvalue weighted by atomic mass is 32.2. The lowest BCUT2D eigenvalue weighted by Crippen LogP contribution is -2.48. The molecular weight excluding hydrogens is 402 g/mol. The summed E-state index contributed by atoms with van der Waals surface area (Å²) in [4.78, 5) is 22.5. The van der Waals surface area contributed by atoms with Gasteiger partial charge in [-0.05, 0) is 43.3 Å². The van der Waals surface area contributed by atoms with Gasteiger partial charge in [0.25, 0.3) is 5.91 Å². The molecule has 0 aliphatic carbocycles. The van der Waals surface area contributed by atoms with E-state index in [-0.39, 0.29) is 11.7 Å². The zero-order valence-corrected chi connectivity index (χ0v) is 17.9. The Morgan fingerprint density at radius 2 is 1.83 bits per heavy atom. The molecule has 0 unspecified atom stereocenters. The number of nitrogens with zero attached hydrogens (tertiary/aromatic N) is 3. The minimum absolute atomic E-state index is 0.0635. The van der Waals surface area contributed by atoms with Crippen molar-refractivity contribution in [1.29, 1.82) is 0 Å². The summed E-state index contributed by atoms with van der Waals surface area (Å²) in [5.41, 5.74) is 2.64. The maximum atomic E-state index is 12.8. The number of phenols is 1. The second-order valence-corrected chi connectivity index (χ2v) is 9.05. The molecule has 1 aliphatic heterocycles. The molecule has 1 amide bonds. The molecule has 5 nitrogen and oxygen atoms in total. The molecule has 29 heavy (non-hydrogen) atoms. The summed E-state index contributed by atoms with van der Waals surface area (Å²) in [5, 5.41) is 13.2. The molecule has 4 rings (SSSR count). The Labute approximate surface area is 179 Å². The second-order valence-electron chi connectivity index (χ2n) is 6.94. The first-order valence-electron chi connectivity index (χ1n) is 9.56. The Kier molecular flexibility index (Phi) is 6.06. The molecule has 3 aromatic rings. The molecule has 0 saturated carbocycles. The van der Waals surface area contributed by atoms with Crippen LogP contribution in [0.25, 0.3) is 0 Å². The number of hydrogen-bond acceptors (Lipinski definition) is 6. The van der Waals surface area contributed by atoms with Crippen LogP contribution < -0.4 is 4.90 Å². The van der Waals surface area contributed by atoms with Gasteiger partial charge in [-0.1, -0.05) is 12.1 Å². The van der Waals surface area contributed by atoms with Gasteiger partial charge in [0.1, 0.15) is 5.75 Å². The van der Waals surface area contributed by atoms with Crippen LogP contribution in [0.2, 0.25) is 0 Å².